The lowest BCUT2D eigenvalue weighted by Crippen LogP contribution is -2.16. The van der Waals surface area contributed by atoms with Gasteiger partial charge in [-0.1, -0.05) is 0 Å². The Morgan fingerprint density at radius 3 is 2.67 bits per heavy atom. The van der Waals surface area contributed by atoms with Gasteiger partial charge >= 0.3 is 0 Å². The van der Waals surface area contributed by atoms with Gasteiger partial charge in [0.15, 0.2) is 11.5 Å². The Balaban J connectivity index is 2.10. The minimum atomic E-state index is -0.124. The van der Waals surface area contributed by atoms with Gasteiger partial charge in [-0.25, -0.2) is 4.98 Å². The molecule has 0 aliphatic carbocycles. The lowest BCUT2D eigenvalue weighted by Gasteiger charge is -2.22. The summed E-state index contributed by atoms with van der Waals surface area (Å²) in [6.45, 7) is 2.25. The van der Waals surface area contributed by atoms with E-state index in [1.54, 1.807) is 20.4 Å². The van der Waals surface area contributed by atoms with Crippen LogP contribution in [0.25, 0.3) is 11.3 Å². The Morgan fingerprint density at radius 2 is 2.00 bits per heavy atom. The van der Waals surface area contributed by atoms with E-state index in [0.29, 0.717) is 11.7 Å². The molecule has 0 radical (unpaired) electrons. The molecule has 0 unspecified atom stereocenters. The Hall–Kier alpha value is -2.50. The molecule has 0 saturated carbocycles. The minimum absolute atomic E-state index is 0.124. The van der Waals surface area contributed by atoms with E-state index in [1.807, 2.05) is 16.7 Å². The standard InChI is InChI=1S/C15H17N3O3/c1-9(19)17-15-16-8-12-11-7-14(21-3)13(20-2)6-10(11)4-5-18(12)15/h6-8H,4-5H2,1-3H3,(H,16,17,19). The molecule has 0 atom stereocenters. The molecule has 1 aromatic carbocycles. The maximum Gasteiger partial charge on any atom is 0.223 e. The van der Waals surface area contributed by atoms with Crippen molar-refractivity contribution in [2.24, 2.45) is 0 Å². The minimum Gasteiger partial charge on any atom is -0.493 e. The number of amides is 1. The summed E-state index contributed by atoms with van der Waals surface area (Å²) in [5.41, 5.74) is 3.22. The molecule has 3 rings (SSSR count). The van der Waals surface area contributed by atoms with Crippen molar-refractivity contribution in [2.75, 3.05) is 19.5 Å². The normalized spacial score (nSPS) is 12.3. The molecule has 6 heteroatoms. The molecule has 0 spiro atoms. The molecule has 0 fully saturated rings. The van der Waals surface area contributed by atoms with Crippen molar-refractivity contribution < 1.29 is 14.3 Å². The highest BCUT2D eigenvalue weighted by molar-refractivity contribution is 5.87. The van der Waals surface area contributed by atoms with Gasteiger partial charge in [0, 0.05) is 19.0 Å². The Morgan fingerprint density at radius 1 is 1.29 bits per heavy atom. The molecule has 0 saturated heterocycles. The van der Waals surface area contributed by atoms with Crippen LogP contribution in [-0.4, -0.2) is 29.7 Å². The number of hydrogen-bond acceptors (Lipinski definition) is 4. The van der Waals surface area contributed by atoms with E-state index in [4.69, 9.17) is 9.47 Å². The van der Waals surface area contributed by atoms with E-state index in [2.05, 4.69) is 10.3 Å². The van der Waals surface area contributed by atoms with E-state index in [0.717, 1.165) is 30.0 Å². The first-order chi connectivity index (χ1) is 10.1. The molecule has 1 aliphatic heterocycles. The molecule has 0 bridgehead atoms. The van der Waals surface area contributed by atoms with E-state index < -0.39 is 0 Å². The number of rotatable bonds is 3. The summed E-state index contributed by atoms with van der Waals surface area (Å²) in [5, 5.41) is 2.75. The number of benzene rings is 1. The first-order valence-electron chi connectivity index (χ1n) is 6.72. The molecule has 110 valence electrons. The number of aryl methyl sites for hydroxylation is 1. The number of methoxy groups -OCH3 is 2. The van der Waals surface area contributed by atoms with Crippen LogP contribution < -0.4 is 14.8 Å². The van der Waals surface area contributed by atoms with Crippen LogP contribution in [0.3, 0.4) is 0 Å². The number of hydrogen-bond donors (Lipinski definition) is 1. The SMILES string of the molecule is COc1cc2c(cc1OC)-c1cnc(NC(C)=O)n1CC2. The fraction of sp³-hybridized carbons (Fsp3) is 0.333. The zero-order valence-corrected chi connectivity index (χ0v) is 12.3. The van der Waals surface area contributed by atoms with E-state index in [1.165, 1.54) is 12.5 Å². The first-order valence-corrected chi connectivity index (χ1v) is 6.72. The van der Waals surface area contributed by atoms with Gasteiger partial charge in [0.25, 0.3) is 0 Å². The van der Waals surface area contributed by atoms with E-state index in [9.17, 15) is 4.79 Å². The average Bonchev–Trinajstić information content (AvgIpc) is 2.88. The van der Waals surface area contributed by atoms with E-state index in [-0.39, 0.29) is 5.91 Å². The van der Waals surface area contributed by atoms with Crippen molar-refractivity contribution in [1.82, 2.24) is 9.55 Å². The first kappa shape index (κ1) is 13.5. The van der Waals surface area contributed by atoms with Crippen LogP contribution in [0.15, 0.2) is 18.3 Å². The average molecular weight is 287 g/mol. The predicted octanol–water partition coefficient (Wildman–Crippen LogP) is 2.08. The Bertz CT molecular complexity index is 706. The third kappa shape index (κ3) is 2.22. The highest BCUT2D eigenvalue weighted by Gasteiger charge is 2.22. The molecule has 1 aromatic heterocycles. The van der Waals surface area contributed by atoms with E-state index >= 15 is 0 Å². The lowest BCUT2D eigenvalue weighted by molar-refractivity contribution is -0.114. The van der Waals surface area contributed by atoms with Crippen LogP contribution in [0.4, 0.5) is 5.95 Å². The predicted molar refractivity (Wildman–Crippen MR) is 78.8 cm³/mol. The van der Waals surface area contributed by atoms with Crippen LogP contribution in [0, 0.1) is 0 Å². The van der Waals surface area contributed by atoms with Crippen LogP contribution in [-0.2, 0) is 17.8 Å². The van der Waals surface area contributed by atoms with Crippen molar-refractivity contribution in [3.05, 3.63) is 23.9 Å². The summed E-state index contributed by atoms with van der Waals surface area (Å²) >= 11 is 0. The van der Waals surface area contributed by atoms with Gasteiger partial charge in [-0.2, -0.15) is 0 Å². The number of anilines is 1. The van der Waals surface area contributed by atoms with Crippen molar-refractivity contribution in [3.63, 3.8) is 0 Å². The molecule has 1 amide bonds. The molecule has 2 aromatic rings. The quantitative estimate of drug-likeness (QED) is 0.938. The summed E-state index contributed by atoms with van der Waals surface area (Å²) in [5.74, 6) is 1.87. The zero-order chi connectivity index (χ0) is 15.0. The fourth-order valence-corrected chi connectivity index (χ4v) is 2.67. The zero-order valence-electron chi connectivity index (χ0n) is 12.3. The van der Waals surface area contributed by atoms with Gasteiger partial charge in [0.1, 0.15) is 0 Å². The summed E-state index contributed by atoms with van der Waals surface area (Å²) in [6, 6.07) is 3.96. The second-order valence-corrected chi connectivity index (χ2v) is 4.91. The van der Waals surface area contributed by atoms with Gasteiger partial charge in [-0.05, 0) is 24.1 Å². The van der Waals surface area contributed by atoms with Crippen LogP contribution in [0.2, 0.25) is 0 Å². The molecular weight excluding hydrogens is 270 g/mol. The maximum absolute atomic E-state index is 11.2. The third-order valence-corrected chi connectivity index (χ3v) is 3.63. The highest BCUT2D eigenvalue weighted by Crippen LogP contribution is 2.39. The molecule has 1 aliphatic rings. The molecule has 6 nitrogen and oxygen atoms in total. The van der Waals surface area contributed by atoms with Crippen molar-refractivity contribution in [2.45, 2.75) is 19.9 Å². The number of carbonyl (C=O) groups is 1. The van der Waals surface area contributed by atoms with Crippen LogP contribution >= 0.6 is 0 Å². The topological polar surface area (TPSA) is 65.4 Å². The van der Waals surface area contributed by atoms with Crippen LogP contribution in [0.1, 0.15) is 12.5 Å². The van der Waals surface area contributed by atoms with Crippen molar-refractivity contribution >= 4 is 11.9 Å². The lowest BCUT2D eigenvalue weighted by atomic mass is 9.98. The van der Waals surface area contributed by atoms with Crippen LogP contribution in [0.5, 0.6) is 11.5 Å². The number of carbonyl (C=O) groups excluding carboxylic acids is 1. The second kappa shape index (κ2) is 5.12. The number of ether oxygens (including phenoxy) is 2. The number of fused-ring (bicyclic) bond motifs is 3. The molecule has 21 heavy (non-hydrogen) atoms. The summed E-state index contributed by atoms with van der Waals surface area (Å²) in [4.78, 5) is 15.5. The molecule has 1 N–H and O–H groups in total. The number of nitrogens with one attached hydrogen (secondary N) is 1. The highest BCUT2D eigenvalue weighted by atomic mass is 16.5. The summed E-state index contributed by atoms with van der Waals surface area (Å²) in [7, 11) is 3.25. The third-order valence-electron chi connectivity index (χ3n) is 3.63. The Labute approximate surface area is 122 Å². The monoisotopic (exact) mass is 287 g/mol. The molecular formula is C15H17N3O3. The largest absolute Gasteiger partial charge is 0.493 e. The second-order valence-electron chi connectivity index (χ2n) is 4.91. The van der Waals surface area contributed by atoms with Crippen molar-refractivity contribution in [1.29, 1.82) is 0 Å². The van der Waals surface area contributed by atoms with Gasteiger partial charge in [0.2, 0.25) is 11.9 Å². The maximum atomic E-state index is 11.2. The molecule has 2 heterocycles. The Kier molecular flexibility index (Phi) is 3.29. The summed E-state index contributed by atoms with van der Waals surface area (Å²) in [6.07, 6.45) is 2.63. The smallest absolute Gasteiger partial charge is 0.223 e. The van der Waals surface area contributed by atoms with Gasteiger partial charge in [0.05, 0.1) is 26.1 Å². The summed E-state index contributed by atoms with van der Waals surface area (Å²) < 4.78 is 12.7. The van der Waals surface area contributed by atoms with Gasteiger partial charge in [-0.3, -0.25) is 10.1 Å². The number of imidazole rings is 1. The number of nitrogens with zero attached hydrogens (tertiary/aromatic N) is 2. The fourth-order valence-electron chi connectivity index (χ4n) is 2.67. The number of aromatic nitrogens is 2. The van der Waals surface area contributed by atoms with Crippen molar-refractivity contribution in [3.8, 4) is 22.8 Å². The van der Waals surface area contributed by atoms with Gasteiger partial charge in [-0.15, -0.1) is 0 Å². The van der Waals surface area contributed by atoms with Gasteiger partial charge < -0.3 is 14.0 Å².